The van der Waals surface area contributed by atoms with E-state index < -0.39 is 11.7 Å². The summed E-state index contributed by atoms with van der Waals surface area (Å²) in [4.78, 5) is 13.4. The van der Waals surface area contributed by atoms with Crippen molar-refractivity contribution in [2.24, 2.45) is 0 Å². The summed E-state index contributed by atoms with van der Waals surface area (Å²) in [6.45, 7) is 12.0. The van der Waals surface area contributed by atoms with Crippen LogP contribution in [0.5, 0.6) is 23.0 Å². The van der Waals surface area contributed by atoms with Crippen LogP contribution in [0.25, 0.3) is 12.2 Å². The highest BCUT2D eigenvalue weighted by Gasteiger charge is 2.38. The molecule has 0 saturated heterocycles. The molecule has 2 aromatic carbocycles. The second kappa shape index (κ2) is 8.04. The Labute approximate surface area is 206 Å². The number of hydrogen-bond donors (Lipinski definition) is 1. The van der Waals surface area contributed by atoms with Gasteiger partial charge in [-0.15, -0.1) is 0 Å². The van der Waals surface area contributed by atoms with Crippen LogP contribution in [0.15, 0.2) is 42.0 Å². The molecule has 3 heterocycles. The third kappa shape index (κ3) is 4.24. The third-order valence-corrected chi connectivity index (χ3v) is 6.60. The SMILES string of the molecule is CC(C)=CCc1c2c(c(O)c3c1OC(c1ccc4c(c1)C=CC(C)(C)O4)CC3=O)C=CC(C)(C)O2. The first-order valence-electron chi connectivity index (χ1n) is 12.1. The van der Waals surface area contributed by atoms with Crippen LogP contribution in [0.1, 0.15) is 86.7 Å². The number of ketones is 1. The zero-order chi connectivity index (χ0) is 25.1. The standard InChI is InChI=1S/C30H32O5/c1-17(2)7-9-21-27-20(12-14-30(5,6)35-27)26(32)25-22(31)16-24(33-28(21)25)18-8-10-23-19(15-18)11-13-29(3,4)34-23/h7-8,10-15,24,32H,9,16H2,1-6H3. The van der Waals surface area contributed by atoms with Gasteiger partial charge in [0, 0.05) is 11.1 Å². The molecule has 1 atom stereocenters. The Balaban J connectivity index is 1.61. The molecule has 35 heavy (non-hydrogen) atoms. The van der Waals surface area contributed by atoms with Crippen LogP contribution in [0.2, 0.25) is 0 Å². The van der Waals surface area contributed by atoms with Gasteiger partial charge in [0.1, 0.15) is 45.9 Å². The number of hydrogen-bond acceptors (Lipinski definition) is 5. The van der Waals surface area contributed by atoms with Gasteiger partial charge in [-0.25, -0.2) is 0 Å². The number of phenols is 1. The van der Waals surface area contributed by atoms with Crippen LogP contribution in [0.3, 0.4) is 0 Å². The fourth-order valence-corrected chi connectivity index (χ4v) is 4.74. The maximum atomic E-state index is 13.4. The van der Waals surface area contributed by atoms with Crippen LogP contribution in [0.4, 0.5) is 0 Å². The van der Waals surface area contributed by atoms with Gasteiger partial charge in [-0.3, -0.25) is 4.79 Å². The number of allylic oxidation sites excluding steroid dienone is 2. The van der Waals surface area contributed by atoms with Crippen LogP contribution >= 0.6 is 0 Å². The highest BCUT2D eigenvalue weighted by Crippen LogP contribution is 2.51. The topological polar surface area (TPSA) is 65.0 Å². The van der Waals surface area contributed by atoms with Gasteiger partial charge in [0.05, 0.1) is 12.0 Å². The van der Waals surface area contributed by atoms with Crippen molar-refractivity contribution < 1.29 is 24.1 Å². The first-order valence-corrected chi connectivity index (χ1v) is 12.1. The van der Waals surface area contributed by atoms with E-state index in [1.165, 1.54) is 0 Å². The van der Waals surface area contributed by atoms with E-state index in [4.69, 9.17) is 14.2 Å². The fourth-order valence-electron chi connectivity index (χ4n) is 4.74. The van der Waals surface area contributed by atoms with E-state index in [-0.39, 0.29) is 29.1 Å². The Kier molecular flexibility index (Phi) is 5.35. The average molecular weight is 473 g/mol. The van der Waals surface area contributed by atoms with Crippen LogP contribution < -0.4 is 14.2 Å². The Morgan fingerprint density at radius 2 is 1.77 bits per heavy atom. The number of benzene rings is 2. The highest BCUT2D eigenvalue weighted by molar-refractivity contribution is 6.05. The molecular formula is C30H32O5. The highest BCUT2D eigenvalue weighted by atomic mass is 16.5. The van der Waals surface area contributed by atoms with Gasteiger partial charge in [-0.2, -0.15) is 0 Å². The second-order valence-corrected chi connectivity index (χ2v) is 10.9. The number of rotatable bonds is 3. The van der Waals surface area contributed by atoms with Crippen LogP contribution in [0, 0.1) is 0 Å². The minimum absolute atomic E-state index is 0.0739. The Hall–Kier alpha value is -3.47. The smallest absolute Gasteiger partial charge is 0.174 e. The summed E-state index contributed by atoms with van der Waals surface area (Å²) < 4.78 is 18.9. The number of carbonyl (C=O) groups excluding carboxylic acids is 1. The molecule has 0 bridgehead atoms. The van der Waals surface area contributed by atoms with Crippen molar-refractivity contribution in [2.75, 3.05) is 0 Å². The molecule has 2 aromatic rings. The molecule has 5 heteroatoms. The summed E-state index contributed by atoms with van der Waals surface area (Å²) in [5, 5.41) is 11.1. The minimum atomic E-state index is -0.538. The number of fused-ring (bicyclic) bond motifs is 3. The van der Waals surface area contributed by atoms with E-state index in [1.807, 2.05) is 84.0 Å². The first kappa shape index (κ1) is 23.3. The summed E-state index contributed by atoms with van der Waals surface area (Å²) in [5.41, 5.74) is 3.66. The zero-order valence-corrected chi connectivity index (χ0v) is 21.2. The van der Waals surface area contributed by atoms with Gasteiger partial charge in [-0.05, 0) is 83.9 Å². The van der Waals surface area contributed by atoms with E-state index in [0.717, 1.165) is 28.0 Å². The number of phenolic OH excluding ortho intramolecular Hbond substituents is 1. The van der Waals surface area contributed by atoms with Crippen molar-refractivity contribution in [1.82, 2.24) is 0 Å². The summed E-state index contributed by atoms with van der Waals surface area (Å²) >= 11 is 0. The van der Waals surface area contributed by atoms with E-state index >= 15 is 0 Å². The van der Waals surface area contributed by atoms with E-state index in [0.29, 0.717) is 23.5 Å². The van der Waals surface area contributed by atoms with Crippen molar-refractivity contribution in [3.05, 3.63) is 69.8 Å². The van der Waals surface area contributed by atoms with Gasteiger partial charge >= 0.3 is 0 Å². The molecule has 182 valence electrons. The Morgan fingerprint density at radius 1 is 1.06 bits per heavy atom. The molecule has 0 fully saturated rings. The van der Waals surface area contributed by atoms with Crippen LogP contribution in [-0.2, 0) is 6.42 Å². The van der Waals surface area contributed by atoms with E-state index in [1.54, 1.807) is 0 Å². The fraction of sp³-hybridized carbons (Fsp3) is 0.367. The summed E-state index contributed by atoms with van der Waals surface area (Å²) in [6, 6.07) is 5.90. The molecule has 0 amide bonds. The number of ether oxygens (including phenoxy) is 3. The molecule has 0 aliphatic carbocycles. The molecule has 3 aliphatic rings. The zero-order valence-electron chi connectivity index (χ0n) is 21.2. The molecule has 1 N–H and O–H groups in total. The largest absolute Gasteiger partial charge is 0.506 e. The quantitative estimate of drug-likeness (QED) is 0.489. The molecular weight excluding hydrogens is 440 g/mol. The molecule has 0 aromatic heterocycles. The van der Waals surface area contributed by atoms with Crippen molar-refractivity contribution in [2.45, 2.75) is 71.7 Å². The van der Waals surface area contributed by atoms with Gasteiger partial charge in [0.2, 0.25) is 0 Å². The first-order chi connectivity index (χ1) is 16.4. The summed E-state index contributed by atoms with van der Waals surface area (Å²) in [6.07, 6.45) is 10.1. The lowest BCUT2D eigenvalue weighted by Crippen LogP contribution is -2.30. The lowest BCUT2D eigenvalue weighted by atomic mass is 9.88. The van der Waals surface area contributed by atoms with Gasteiger partial charge < -0.3 is 19.3 Å². The summed E-state index contributed by atoms with van der Waals surface area (Å²) in [7, 11) is 0. The molecule has 0 radical (unpaired) electrons. The molecule has 5 rings (SSSR count). The van der Waals surface area contributed by atoms with Crippen molar-refractivity contribution >= 4 is 17.9 Å². The van der Waals surface area contributed by atoms with Crippen LogP contribution in [-0.4, -0.2) is 22.1 Å². The van der Waals surface area contributed by atoms with E-state index in [2.05, 4.69) is 6.08 Å². The lowest BCUT2D eigenvalue weighted by Gasteiger charge is -2.34. The third-order valence-electron chi connectivity index (χ3n) is 6.60. The van der Waals surface area contributed by atoms with Crippen molar-refractivity contribution in [3.63, 3.8) is 0 Å². The minimum Gasteiger partial charge on any atom is -0.506 e. The maximum Gasteiger partial charge on any atom is 0.174 e. The predicted octanol–water partition coefficient (Wildman–Crippen LogP) is 6.98. The normalized spacial score (nSPS) is 20.5. The van der Waals surface area contributed by atoms with Gasteiger partial charge in [-0.1, -0.05) is 23.8 Å². The maximum absolute atomic E-state index is 13.4. The monoisotopic (exact) mass is 472 g/mol. The lowest BCUT2D eigenvalue weighted by molar-refractivity contribution is 0.0839. The van der Waals surface area contributed by atoms with E-state index in [9.17, 15) is 9.90 Å². The Morgan fingerprint density at radius 3 is 2.51 bits per heavy atom. The molecule has 5 nitrogen and oxygen atoms in total. The van der Waals surface area contributed by atoms with Gasteiger partial charge in [0.25, 0.3) is 0 Å². The second-order valence-electron chi connectivity index (χ2n) is 10.9. The molecule has 0 saturated carbocycles. The molecule has 1 unspecified atom stereocenters. The summed E-state index contributed by atoms with van der Waals surface area (Å²) in [5.74, 6) is 1.58. The molecule has 3 aliphatic heterocycles. The number of carbonyl (C=O) groups is 1. The number of Topliss-reactive ketones (excluding diaryl/α,β-unsaturated/α-hetero) is 1. The predicted molar refractivity (Wildman–Crippen MR) is 137 cm³/mol. The Bertz CT molecular complexity index is 1320. The molecule has 0 spiro atoms. The number of aromatic hydroxyl groups is 1. The van der Waals surface area contributed by atoms with Crippen molar-refractivity contribution in [1.29, 1.82) is 0 Å². The van der Waals surface area contributed by atoms with Gasteiger partial charge in [0.15, 0.2) is 5.78 Å². The average Bonchev–Trinajstić information content (AvgIpc) is 2.76. The van der Waals surface area contributed by atoms with Crippen molar-refractivity contribution in [3.8, 4) is 23.0 Å².